The molecule has 0 saturated heterocycles. The molecule has 140 valence electrons. The van der Waals surface area contributed by atoms with E-state index in [-0.39, 0.29) is 22.5 Å². The second-order valence-corrected chi connectivity index (χ2v) is 6.16. The molecule has 2 heterocycles. The Morgan fingerprint density at radius 3 is 2.54 bits per heavy atom. The number of nitrogens with zero attached hydrogens (tertiary/aromatic N) is 2. The maximum atomic E-state index is 12.7. The fraction of sp³-hybridized carbons (Fsp3) is 0.100. The van der Waals surface area contributed by atoms with Crippen LogP contribution in [0.2, 0.25) is 0 Å². The van der Waals surface area contributed by atoms with Crippen LogP contribution in [0.15, 0.2) is 53.1 Å². The van der Waals surface area contributed by atoms with Crippen LogP contribution in [-0.4, -0.2) is 30.0 Å². The molecule has 2 aromatic carbocycles. The van der Waals surface area contributed by atoms with E-state index in [2.05, 4.69) is 10.5 Å². The molecule has 0 radical (unpaired) electrons. The minimum absolute atomic E-state index is 0.115. The smallest absolute Gasteiger partial charge is 0.267 e. The third-order valence-electron chi connectivity index (χ3n) is 4.35. The Morgan fingerprint density at radius 2 is 1.82 bits per heavy atom. The summed E-state index contributed by atoms with van der Waals surface area (Å²) in [6.45, 7) is 1.66. The molecule has 0 spiro atoms. The van der Waals surface area contributed by atoms with Crippen molar-refractivity contribution in [3.8, 4) is 5.75 Å². The highest BCUT2D eigenvalue weighted by Gasteiger charge is 2.38. The van der Waals surface area contributed by atoms with E-state index in [0.29, 0.717) is 17.2 Å². The molecule has 1 aliphatic rings. The van der Waals surface area contributed by atoms with Gasteiger partial charge in [-0.3, -0.25) is 14.4 Å². The standard InChI is InChI=1S/C20H15N3O5/c1-11-9-17(22-28-11)23-19(25)13-8-7-12(10-14(13)20(23)26)18(24)21-15-5-3-4-6-16(15)27-2/h3-10H,1-2H3,(H,21,24). The van der Waals surface area contributed by atoms with Gasteiger partial charge < -0.3 is 14.6 Å². The van der Waals surface area contributed by atoms with Crippen molar-refractivity contribution >= 4 is 29.2 Å². The van der Waals surface area contributed by atoms with Crippen molar-refractivity contribution in [3.63, 3.8) is 0 Å². The predicted molar refractivity (Wildman–Crippen MR) is 99.8 cm³/mol. The first-order valence-corrected chi connectivity index (χ1v) is 8.40. The van der Waals surface area contributed by atoms with Crippen LogP contribution in [0.4, 0.5) is 11.5 Å². The molecule has 3 aromatic rings. The van der Waals surface area contributed by atoms with E-state index in [4.69, 9.17) is 9.26 Å². The maximum Gasteiger partial charge on any atom is 0.267 e. The molecule has 1 aromatic heterocycles. The number of benzene rings is 2. The zero-order valence-corrected chi connectivity index (χ0v) is 15.1. The second-order valence-electron chi connectivity index (χ2n) is 6.16. The SMILES string of the molecule is COc1ccccc1NC(=O)c1ccc2c(c1)C(=O)N(c1cc(C)on1)C2=O. The van der Waals surface area contributed by atoms with Gasteiger partial charge in [-0.2, -0.15) is 0 Å². The Kier molecular flexibility index (Phi) is 4.15. The van der Waals surface area contributed by atoms with Crippen LogP contribution in [0.1, 0.15) is 36.8 Å². The maximum absolute atomic E-state index is 12.7. The number of fused-ring (bicyclic) bond motifs is 1. The average molecular weight is 377 g/mol. The fourth-order valence-electron chi connectivity index (χ4n) is 2.99. The molecule has 1 aliphatic heterocycles. The number of anilines is 2. The van der Waals surface area contributed by atoms with Crippen molar-refractivity contribution in [3.05, 3.63) is 71.0 Å². The van der Waals surface area contributed by atoms with Gasteiger partial charge in [-0.05, 0) is 37.3 Å². The number of nitrogens with one attached hydrogen (secondary N) is 1. The van der Waals surface area contributed by atoms with Gasteiger partial charge in [0, 0.05) is 11.6 Å². The van der Waals surface area contributed by atoms with Gasteiger partial charge in [0.25, 0.3) is 17.7 Å². The number of aryl methyl sites for hydroxylation is 1. The van der Waals surface area contributed by atoms with Crippen molar-refractivity contribution < 1.29 is 23.6 Å². The second kappa shape index (κ2) is 6.66. The average Bonchev–Trinajstić information content (AvgIpc) is 3.23. The Morgan fingerprint density at radius 1 is 1.07 bits per heavy atom. The molecule has 8 nitrogen and oxygen atoms in total. The Balaban J connectivity index is 1.64. The number of hydrogen-bond donors (Lipinski definition) is 1. The number of carbonyl (C=O) groups excluding carboxylic acids is 3. The molecule has 28 heavy (non-hydrogen) atoms. The molecule has 0 saturated carbocycles. The quantitative estimate of drug-likeness (QED) is 0.701. The highest BCUT2D eigenvalue weighted by molar-refractivity contribution is 6.34. The first kappa shape index (κ1) is 17.5. The van der Waals surface area contributed by atoms with Crippen molar-refractivity contribution in [1.29, 1.82) is 0 Å². The Bertz CT molecular complexity index is 1120. The highest BCUT2D eigenvalue weighted by Crippen LogP contribution is 2.29. The molecule has 1 N–H and O–H groups in total. The monoisotopic (exact) mass is 377 g/mol. The summed E-state index contributed by atoms with van der Waals surface area (Å²) in [5.41, 5.74) is 1.08. The third-order valence-corrected chi connectivity index (χ3v) is 4.35. The molecule has 4 rings (SSSR count). The van der Waals surface area contributed by atoms with E-state index in [1.807, 2.05) is 0 Å². The Hall–Kier alpha value is -3.94. The van der Waals surface area contributed by atoms with E-state index in [1.54, 1.807) is 31.2 Å². The van der Waals surface area contributed by atoms with Gasteiger partial charge in [0.15, 0.2) is 5.82 Å². The molecule has 0 aliphatic carbocycles. The zero-order chi connectivity index (χ0) is 19.8. The van der Waals surface area contributed by atoms with Crippen molar-refractivity contribution in [2.45, 2.75) is 6.92 Å². The normalized spacial score (nSPS) is 12.9. The van der Waals surface area contributed by atoms with Crippen LogP contribution < -0.4 is 15.0 Å². The molecular weight excluding hydrogens is 362 g/mol. The molecular formula is C20H15N3O5. The summed E-state index contributed by atoms with van der Waals surface area (Å²) in [6.07, 6.45) is 0. The summed E-state index contributed by atoms with van der Waals surface area (Å²) < 4.78 is 10.2. The zero-order valence-electron chi connectivity index (χ0n) is 15.1. The molecule has 3 amide bonds. The van der Waals surface area contributed by atoms with E-state index in [0.717, 1.165) is 4.90 Å². The number of amides is 3. The van der Waals surface area contributed by atoms with E-state index < -0.39 is 17.7 Å². The highest BCUT2D eigenvalue weighted by atomic mass is 16.5. The number of methoxy groups -OCH3 is 1. The minimum Gasteiger partial charge on any atom is -0.495 e. The van der Waals surface area contributed by atoms with Crippen LogP contribution in [-0.2, 0) is 0 Å². The largest absolute Gasteiger partial charge is 0.495 e. The fourth-order valence-corrected chi connectivity index (χ4v) is 2.99. The lowest BCUT2D eigenvalue weighted by atomic mass is 10.1. The Labute approximate surface area is 159 Å². The molecule has 0 atom stereocenters. The van der Waals surface area contributed by atoms with Crippen molar-refractivity contribution in [2.75, 3.05) is 17.3 Å². The lowest BCUT2D eigenvalue weighted by Crippen LogP contribution is -2.29. The lowest BCUT2D eigenvalue weighted by molar-refractivity contribution is 0.0923. The lowest BCUT2D eigenvalue weighted by Gasteiger charge is -2.10. The summed E-state index contributed by atoms with van der Waals surface area (Å²) in [4.78, 5) is 38.9. The van der Waals surface area contributed by atoms with Crippen LogP contribution in [0.3, 0.4) is 0 Å². The summed E-state index contributed by atoms with van der Waals surface area (Å²) in [6, 6.07) is 12.8. The van der Waals surface area contributed by atoms with Gasteiger partial charge in [0.1, 0.15) is 11.5 Å². The topological polar surface area (TPSA) is 102 Å². The van der Waals surface area contributed by atoms with Crippen molar-refractivity contribution in [1.82, 2.24) is 5.16 Å². The molecule has 0 fully saturated rings. The van der Waals surface area contributed by atoms with Gasteiger partial charge in [-0.1, -0.05) is 17.3 Å². The van der Waals surface area contributed by atoms with Crippen LogP contribution >= 0.6 is 0 Å². The van der Waals surface area contributed by atoms with Crippen LogP contribution in [0.25, 0.3) is 0 Å². The summed E-state index contributed by atoms with van der Waals surface area (Å²) in [5, 5.41) is 6.47. The van der Waals surface area contributed by atoms with Gasteiger partial charge in [0.05, 0.1) is 23.9 Å². The number of carbonyl (C=O) groups is 3. The summed E-state index contributed by atoms with van der Waals surface area (Å²) in [5.74, 6) is -0.392. The number of rotatable bonds is 4. The van der Waals surface area contributed by atoms with E-state index in [1.165, 1.54) is 31.4 Å². The van der Waals surface area contributed by atoms with Crippen molar-refractivity contribution in [2.24, 2.45) is 0 Å². The number of ether oxygens (including phenoxy) is 1. The number of aromatic nitrogens is 1. The first-order valence-electron chi connectivity index (χ1n) is 8.40. The first-order chi connectivity index (χ1) is 13.5. The molecule has 8 heteroatoms. The number of para-hydroxylation sites is 2. The predicted octanol–water partition coefficient (Wildman–Crippen LogP) is 3.04. The molecule has 0 bridgehead atoms. The number of hydrogen-bond acceptors (Lipinski definition) is 6. The molecule has 0 unspecified atom stereocenters. The summed E-state index contributed by atoms with van der Waals surface area (Å²) >= 11 is 0. The van der Waals surface area contributed by atoms with Gasteiger partial charge in [0.2, 0.25) is 0 Å². The van der Waals surface area contributed by atoms with Gasteiger partial charge in [-0.25, -0.2) is 4.90 Å². The van der Waals surface area contributed by atoms with Gasteiger partial charge >= 0.3 is 0 Å². The van der Waals surface area contributed by atoms with Crippen LogP contribution in [0, 0.1) is 6.92 Å². The van der Waals surface area contributed by atoms with E-state index in [9.17, 15) is 14.4 Å². The van der Waals surface area contributed by atoms with Crippen LogP contribution in [0.5, 0.6) is 5.75 Å². The number of imide groups is 1. The minimum atomic E-state index is -0.555. The van der Waals surface area contributed by atoms with E-state index >= 15 is 0 Å². The van der Waals surface area contributed by atoms with Gasteiger partial charge in [-0.15, -0.1) is 0 Å². The third kappa shape index (κ3) is 2.81. The summed E-state index contributed by atoms with van der Waals surface area (Å²) in [7, 11) is 1.50.